The molecule has 0 aliphatic carbocycles. The molecule has 1 aromatic carbocycles. The quantitative estimate of drug-likeness (QED) is 0.915. The molecule has 2 atom stereocenters. The number of carbonyl (C=O) groups excluding carboxylic acids is 1. The smallest absolute Gasteiger partial charge is 0.226 e. The van der Waals surface area contributed by atoms with Crippen LogP contribution in [0.15, 0.2) is 28.7 Å². The Kier molecular flexibility index (Phi) is 4.86. The fourth-order valence-electron chi connectivity index (χ4n) is 2.73. The normalized spacial score (nSPS) is 23.9. The molecule has 1 fully saturated rings. The van der Waals surface area contributed by atoms with Crippen molar-refractivity contribution in [1.29, 1.82) is 0 Å². The Hall–Kier alpha value is -0.870. The molecule has 0 unspecified atom stereocenters. The maximum Gasteiger partial charge on any atom is 0.226 e. The molecule has 0 bridgehead atoms. The summed E-state index contributed by atoms with van der Waals surface area (Å²) in [7, 11) is 0. The van der Waals surface area contributed by atoms with Gasteiger partial charge in [-0.1, -0.05) is 41.1 Å². The van der Waals surface area contributed by atoms with Gasteiger partial charge in [0.25, 0.3) is 0 Å². The maximum atomic E-state index is 12.6. The highest BCUT2D eigenvalue weighted by molar-refractivity contribution is 9.10. The number of carbonyl (C=O) groups is 1. The standard InChI is InChI=1S/C16H22BrNO2/c1-3-12(10-13-6-4-5-7-14(13)17)15(19)18-9-8-16(2,20)11-18/h4-7,12,20H,3,8-11H2,1-2H3/t12-,16+/m0/s1. The molecule has 20 heavy (non-hydrogen) atoms. The largest absolute Gasteiger partial charge is 0.388 e. The molecule has 2 rings (SSSR count). The van der Waals surface area contributed by atoms with Crippen molar-refractivity contribution >= 4 is 21.8 Å². The first-order valence-corrected chi connectivity index (χ1v) is 7.97. The van der Waals surface area contributed by atoms with E-state index >= 15 is 0 Å². The monoisotopic (exact) mass is 339 g/mol. The number of rotatable bonds is 4. The van der Waals surface area contributed by atoms with Crippen LogP contribution in [0.1, 0.15) is 32.3 Å². The van der Waals surface area contributed by atoms with Gasteiger partial charge in [-0.25, -0.2) is 0 Å². The van der Waals surface area contributed by atoms with Gasteiger partial charge in [-0.15, -0.1) is 0 Å². The third-order valence-electron chi connectivity index (χ3n) is 4.03. The van der Waals surface area contributed by atoms with Crippen molar-refractivity contribution in [1.82, 2.24) is 4.90 Å². The summed E-state index contributed by atoms with van der Waals surface area (Å²) in [5.74, 6) is 0.156. The topological polar surface area (TPSA) is 40.5 Å². The number of likely N-dealkylation sites (tertiary alicyclic amines) is 1. The number of benzene rings is 1. The fourth-order valence-corrected chi connectivity index (χ4v) is 3.17. The minimum Gasteiger partial charge on any atom is -0.388 e. The second kappa shape index (κ2) is 6.27. The van der Waals surface area contributed by atoms with E-state index in [4.69, 9.17) is 0 Å². The van der Waals surface area contributed by atoms with Crippen molar-refractivity contribution in [2.75, 3.05) is 13.1 Å². The maximum absolute atomic E-state index is 12.6. The van der Waals surface area contributed by atoms with E-state index in [-0.39, 0.29) is 11.8 Å². The average Bonchev–Trinajstić information content (AvgIpc) is 2.77. The van der Waals surface area contributed by atoms with Gasteiger partial charge in [0.2, 0.25) is 5.91 Å². The molecule has 1 saturated heterocycles. The summed E-state index contributed by atoms with van der Waals surface area (Å²) >= 11 is 3.54. The molecular formula is C16H22BrNO2. The zero-order valence-corrected chi connectivity index (χ0v) is 13.7. The molecular weight excluding hydrogens is 318 g/mol. The van der Waals surface area contributed by atoms with Gasteiger partial charge in [0.15, 0.2) is 0 Å². The summed E-state index contributed by atoms with van der Waals surface area (Å²) in [6, 6.07) is 8.04. The summed E-state index contributed by atoms with van der Waals surface area (Å²) in [5.41, 5.74) is 0.444. The molecule has 0 aromatic heterocycles. The van der Waals surface area contributed by atoms with Gasteiger partial charge < -0.3 is 10.0 Å². The Morgan fingerprint density at radius 1 is 1.50 bits per heavy atom. The van der Waals surface area contributed by atoms with Crippen LogP contribution in [0.2, 0.25) is 0 Å². The van der Waals surface area contributed by atoms with Crippen LogP contribution >= 0.6 is 15.9 Å². The summed E-state index contributed by atoms with van der Waals surface area (Å²) in [5, 5.41) is 10.0. The van der Waals surface area contributed by atoms with E-state index < -0.39 is 5.60 Å². The van der Waals surface area contributed by atoms with Gasteiger partial charge in [-0.3, -0.25) is 4.79 Å². The van der Waals surface area contributed by atoms with Crippen LogP contribution in [0, 0.1) is 5.92 Å². The van der Waals surface area contributed by atoms with Crippen LogP contribution in [-0.4, -0.2) is 34.6 Å². The van der Waals surface area contributed by atoms with E-state index in [1.165, 1.54) is 5.56 Å². The van der Waals surface area contributed by atoms with Crippen LogP contribution in [0.3, 0.4) is 0 Å². The SMILES string of the molecule is CC[C@@H](Cc1ccccc1Br)C(=O)N1CC[C@@](C)(O)C1. The summed E-state index contributed by atoms with van der Waals surface area (Å²) in [4.78, 5) is 14.4. The number of β-amino-alcohol motifs (C(OH)–C–C–N with tert-alkyl or cyclic N) is 1. The minimum absolute atomic E-state index is 0.0115. The van der Waals surface area contributed by atoms with E-state index in [2.05, 4.69) is 22.0 Å². The molecule has 0 spiro atoms. The first kappa shape index (κ1) is 15.5. The van der Waals surface area contributed by atoms with Gasteiger partial charge in [-0.2, -0.15) is 0 Å². The molecule has 1 N–H and O–H groups in total. The molecule has 1 aliphatic heterocycles. The van der Waals surface area contributed by atoms with E-state index in [0.29, 0.717) is 19.5 Å². The molecule has 0 radical (unpaired) electrons. The highest BCUT2D eigenvalue weighted by Crippen LogP contribution is 2.26. The Bertz CT molecular complexity index is 487. The van der Waals surface area contributed by atoms with Crippen molar-refractivity contribution in [2.45, 2.75) is 38.7 Å². The van der Waals surface area contributed by atoms with Gasteiger partial charge >= 0.3 is 0 Å². The predicted molar refractivity (Wildman–Crippen MR) is 83.4 cm³/mol. The third kappa shape index (κ3) is 3.61. The number of nitrogens with zero attached hydrogens (tertiary/aromatic N) is 1. The first-order valence-electron chi connectivity index (χ1n) is 7.17. The molecule has 1 amide bonds. The first-order chi connectivity index (χ1) is 9.43. The second-order valence-corrected chi connectivity index (χ2v) is 6.76. The molecule has 110 valence electrons. The van der Waals surface area contributed by atoms with Crippen LogP contribution in [-0.2, 0) is 11.2 Å². The Balaban J connectivity index is 2.05. The number of halogens is 1. The molecule has 1 heterocycles. The average molecular weight is 340 g/mol. The minimum atomic E-state index is -0.721. The van der Waals surface area contributed by atoms with E-state index in [9.17, 15) is 9.90 Å². The zero-order chi connectivity index (χ0) is 14.8. The van der Waals surface area contributed by atoms with Crippen molar-refractivity contribution < 1.29 is 9.90 Å². The predicted octanol–water partition coefficient (Wildman–Crippen LogP) is 3.00. The number of amides is 1. The lowest BCUT2D eigenvalue weighted by Gasteiger charge is -2.24. The lowest BCUT2D eigenvalue weighted by atomic mass is 9.95. The van der Waals surface area contributed by atoms with Crippen molar-refractivity contribution in [2.24, 2.45) is 5.92 Å². The van der Waals surface area contributed by atoms with Gasteiger partial charge in [-0.05, 0) is 37.8 Å². The van der Waals surface area contributed by atoms with Gasteiger partial charge in [0.1, 0.15) is 0 Å². The number of aliphatic hydroxyl groups is 1. The van der Waals surface area contributed by atoms with Gasteiger partial charge in [0, 0.05) is 23.5 Å². The van der Waals surface area contributed by atoms with Crippen molar-refractivity contribution in [3.63, 3.8) is 0 Å². The van der Waals surface area contributed by atoms with E-state index in [1.54, 1.807) is 6.92 Å². The highest BCUT2D eigenvalue weighted by Gasteiger charge is 2.36. The molecule has 4 heteroatoms. The molecule has 1 aromatic rings. The van der Waals surface area contributed by atoms with E-state index in [0.717, 1.165) is 17.3 Å². The molecule has 0 saturated carbocycles. The lowest BCUT2D eigenvalue weighted by molar-refractivity contribution is -0.135. The lowest BCUT2D eigenvalue weighted by Crippen LogP contribution is -2.38. The van der Waals surface area contributed by atoms with Gasteiger partial charge in [0.05, 0.1) is 5.60 Å². The number of hydrogen-bond acceptors (Lipinski definition) is 2. The Morgan fingerprint density at radius 3 is 2.75 bits per heavy atom. The summed E-state index contributed by atoms with van der Waals surface area (Å²) in [6.07, 6.45) is 2.23. The zero-order valence-electron chi connectivity index (χ0n) is 12.1. The van der Waals surface area contributed by atoms with E-state index in [1.807, 2.05) is 30.0 Å². The third-order valence-corrected chi connectivity index (χ3v) is 4.80. The van der Waals surface area contributed by atoms with Crippen LogP contribution < -0.4 is 0 Å². The summed E-state index contributed by atoms with van der Waals surface area (Å²) in [6.45, 7) is 4.97. The van der Waals surface area contributed by atoms with Crippen molar-refractivity contribution in [3.8, 4) is 0 Å². The highest BCUT2D eigenvalue weighted by atomic mass is 79.9. The molecule has 1 aliphatic rings. The Labute approximate surface area is 129 Å². The van der Waals surface area contributed by atoms with Crippen LogP contribution in [0.5, 0.6) is 0 Å². The van der Waals surface area contributed by atoms with Crippen LogP contribution in [0.25, 0.3) is 0 Å². The second-order valence-electron chi connectivity index (χ2n) is 5.91. The van der Waals surface area contributed by atoms with Crippen LogP contribution in [0.4, 0.5) is 0 Å². The fraction of sp³-hybridized carbons (Fsp3) is 0.562. The Morgan fingerprint density at radius 2 is 2.20 bits per heavy atom. The summed E-state index contributed by atoms with van der Waals surface area (Å²) < 4.78 is 1.06. The molecule has 3 nitrogen and oxygen atoms in total. The van der Waals surface area contributed by atoms with Crippen molar-refractivity contribution in [3.05, 3.63) is 34.3 Å². The number of hydrogen-bond donors (Lipinski definition) is 1.